The third-order valence-electron chi connectivity index (χ3n) is 4.46. The Labute approximate surface area is 174 Å². The van der Waals surface area contributed by atoms with Crippen molar-refractivity contribution < 1.29 is 27.1 Å². The van der Waals surface area contributed by atoms with Crippen molar-refractivity contribution in [2.45, 2.75) is 19.7 Å². The molecule has 0 radical (unpaired) electrons. The Bertz CT molecular complexity index is 1200. The number of hydrogen-bond acceptors (Lipinski definition) is 6. The highest BCUT2D eigenvalue weighted by Gasteiger charge is 2.31. The van der Waals surface area contributed by atoms with Crippen LogP contribution in [0, 0.1) is 6.92 Å². The van der Waals surface area contributed by atoms with Crippen molar-refractivity contribution in [1.82, 2.24) is 19.7 Å². The Balaban J connectivity index is 1.44. The zero-order valence-corrected chi connectivity index (χ0v) is 16.1. The number of hydrogen-bond donors (Lipinski definition) is 0. The molecular weight excluding hydrogens is 413 g/mol. The maximum absolute atomic E-state index is 12.7. The number of carbonyl (C=O) groups is 1. The average molecular weight is 428 g/mol. The van der Waals surface area contributed by atoms with Crippen LogP contribution in [-0.2, 0) is 17.5 Å². The van der Waals surface area contributed by atoms with Crippen molar-refractivity contribution in [2.24, 2.45) is 0 Å². The minimum absolute atomic E-state index is 0.143. The second-order valence-corrected chi connectivity index (χ2v) is 6.52. The summed E-state index contributed by atoms with van der Waals surface area (Å²) < 4.78 is 50.2. The Morgan fingerprint density at radius 2 is 1.84 bits per heavy atom. The van der Waals surface area contributed by atoms with E-state index in [-0.39, 0.29) is 23.9 Å². The van der Waals surface area contributed by atoms with Gasteiger partial charge < -0.3 is 9.15 Å². The van der Waals surface area contributed by atoms with E-state index in [0.29, 0.717) is 17.7 Å². The third kappa shape index (κ3) is 4.32. The van der Waals surface area contributed by atoms with Crippen molar-refractivity contribution >= 4 is 5.97 Å². The number of benzene rings is 1. The van der Waals surface area contributed by atoms with E-state index < -0.39 is 17.7 Å². The summed E-state index contributed by atoms with van der Waals surface area (Å²) in [6.45, 7) is 1.40. The van der Waals surface area contributed by atoms with E-state index in [1.807, 2.05) is 30.3 Å². The molecule has 0 aliphatic rings. The molecule has 158 valence electrons. The molecule has 31 heavy (non-hydrogen) atoms. The first-order chi connectivity index (χ1) is 14.8. The van der Waals surface area contributed by atoms with Gasteiger partial charge in [-0.05, 0) is 19.1 Å². The molecule has 4 rings (SSSR count). The van der Waals surface area contributed by atoms with Crippen LogP contribution < -0.4 is 0 Å². The van der Waals surface area contributed by atoms with Crippen LogP contribution >= 0.6 is 0 Å². The minimum Gasteiger partial charge on any atom is -0.452 e. The van der Waals surface area contributed by atoms with Crippen LogP contribution in [0.1, 0.15) is 27.5 Å². The highest BCUT2D eigenvalue weighted by Crippen LogP contribution is 2.29. The van der Waals surface area contributed by atoms with E-state index in [9.17, 15) is 18.0 Å². The van der Waals surface area contributed by atoms with Gasteiger partial charge >= 0.3 is 12.1 Å². The fraction of sp³-hybridized carbons (Fsp3) is 0.143. The van der Waals surface area contributed by atoms with Crippen LogP contribution in [0.25, 0.3) is 17.1 Å². The summed E-state index contributed by atoms with van der Waals surface area (Å²) in [5, 5.41) is 4.03. The fourth-order valence-electron chi connectivity index (χ4n) is 2.84. The minimum atomic E-state index is -4.49. The molecule has 0 N–H and O–H groups in total. The number of ether oxygens (including phenoxy) is 1. The molecule has 0 fully saturated rings. The smallest absolute Gasteiger partial charge is 0.417 e. The third-order valence-corrected chi connectivity index (χ3v) is 4.46. The molecule has 0 atom stereocenters. The first-order valence-electron chi connectivity index (χ1n) is 9.08. The Morgan fingerprint density at radius 1 is 1.06 bits per heavy atom. The predicted octanol–water partition coefficient (Wildman–Crippen LogP) is 4.61. The van der Waals surface area contributed by atoms with Crippen molar-refractivity contribution in [3.63, 3.8) is 0 Å². The molecule has 0 bridgehead atoms. The van der Waals surface area contributed by atoms with Crippen molar-refractivity contribution in [3.05, 3.63) is 83.8 Å². The van der Waals surface area contributed by atoms with E-state index in [1.165, 1.54) is 23.1 Å². The van der Waals surface area contributed by atoms with Crippen LogP contribution in [0.15, 0.2) is 65.5 Å². The van der Waals surface area contributed by atoms with Crippen molar-refractivity contribution in [1.29, 1.82) is 0 Å². The maximum Gasteiger partial charge on any atom is 0.417 e. The number of rotatable bonds is 5. The number of halogens is 3. The van der Waals surface area contributed by atoms with E-state index in [0.717, 1.165) is 11.6 Å². The quantitative estimate of drug-likeness (QED) is 0.432. The number of carbonyl (C=O) groups excluding carboxylic acids is 1. The topological polar surface area (TPSA) is 83.0 Å². The summed E-state index contributed by atoms with van der Waals surface area (Å²) in [4.78, 5) is 20.3. The largest absolute Gasteiger partial charge is 0.452 e. The summed E-state index contributed by atoms with van der Waals surface area (Å²) in [5.41, 5.74) is 0.487. The molecule has 0 spiro atoms. The van der Waals surface area contributed by atoms with Gasteiger partial charge in [0.15, 0.2) is 18.2 Å². The van der Waals surface area contributed by atoms with Gasteiger partial charge in [0.05, 0.1) is 23.7 Å². The monoisotopic (exact) mass is 428 g/mol. The zero-order valence-electron chi connectivity index (χ0n) is 16.1. The molecule has 3 aromatic heterocycles. The molecule has 10 heteroatoms. The van der Waals surface area contributed by atoms with Gasteiger partial charge in [0.2, 0.25) is 5.89 Å². The van der Waals surface area contributed by atoms with Gasteiger partial charge in [0, 0.05) is 11.8 Å². The molecule has 1 aromatic carbocycles. The second-order valence-electron chi connectivity index (χ2n) is 6.52. The molecule has 0 saturated heterocycles. The number of oxazole rings is 1. The number of aromatic nitrogens is 4. The van der Waals surface area contributed by atoms with Crippen LogP contribution in [0.2, 0.25) is 0 Å². The Morgan fingerprint density at radius 3 is 2.52 bits per heavy atom. The summed E-state index contributed by atoms with van der Waals surface area (Å²) in [7, 11) is 0. The highest BCUT2D eigenvalue weighted by molar-refractivity contribution is 5.90. The lowest BCUT2D eigenvalue weighted by molar-refractivity contribution is -0.137. The van der Waals surface area contributed by atoms with Gasteiger partial charge in [-0.1, -0.05) is 30.3 Å². The SMILES string of the molecule is Cc1c(C(=O)OCc2ncc(-c3ccccc3)o2)cnn1-c1ccc(C(F)(F)F)cn1. The highest BCUT2D eigenvalue weighted by atomic mass is 19.4. The molecule has 0 saturated carbocycles. The van der Waals surface area contributed by atoms with Crippen LogP contribution in [0.4, 0.5) is 13.2 Å². The van der Waals surface area contributed by atoms with Crippen molar-refractivity contribution in [2.75, 3.05) is 0 Å². The van der Waals surface area contributed by atoms with Gasteiger partial charge in [-0.25, -0.2) is 19.4 Å². The second kappa shape index (κ2) is 8.05. The van der Waals surface area contributed by atoms with E-state index in [4.69, 9.17) is 9.15 Å². The summed E-state index contributed by atoms with van der Waals surface area (Å²) in [5.74, 6) is 0.241. The summed E-state index contributed by atoms with van der Waals surface area (Å²) >= 11 is 0. The van der Waals surface area contributed by atoms with Gasteiger partial charge in [-0.2, -0.15) is 18.3 Å². The number of esters is 1. The van der Waals surface area contributed by atoms with E-state index >= 15 is 0 Å². The molecule has 7 nitrogen and oxygen atoms in total. The summed E-state index contributed by atoms with van der Waals surface area (Å²) in [6.07, 6.45) is -0.971. The molecule has 0 unspecified atom stereocenters. The molecule has 3 heterocycles. The average Bonchev–Trinajstić information content (AvgIpc) is 3.39. The maximum atomic E-state index is 12.7. The first kappa shape index (κ1) is 20.3. The fourth-order valence-corrected chi connectivity index (χ4v) is 2.84. The van der Waals surface area contributed by atoms with Gasteiger partial charge in [0.25, 0.3) is 0 Å². The van der Waals surface area contributed by atoms with Gasteiger partial charge in [-0.15, -0.1) is 0 Å². The Hall–Kier alpha value is -3.95. The van der Waals surface area contributed by atoms with Gasteiger partial charge in [0.1, 0.15) is 5.56 Å². The van der Waals surface area contributed by atoms with Crippen molar-refractivity contribution in [3.8, 4) is 17.1 Å². The van der Waals surface area contributed by atoms with Crippen LogP contribution in [0.3, 0.4) is 0 Å². The number of pyridine rings is 1. The van der Waals surface area contributed by atoms with Crippen LogP contribution in [0.5, 0.6) is 0 Å². The van der Waals surface area contributed by atoms with E-state index in [1.54, 1.807) is 6.92 Å². The Kier molecular flexibility index (Phi) is 5.28. The van der Waals surface area contributed by atoms with Gasteiger partial charge in [-0.3, -0.25) is 0 Å². The van der Waals surface area contributed by atoms with Crippen LogP contribution in [-0.4, -0.2) is 25.7 Å². The molecular formula is C21H15F3N4O3. The lowest BCUT2D eigenvalue weighted by Gasteiger charge is -2.08. The zero-order chi connectivity index (χ0) is 22.0. The number of nitrogens with zero attached hydrogens (tertiary/aromatic N) is 4. The first-order valence-corrected chi connectivity index (χ1v) is 9.08. The van der Waals surface area contributed by atoms with E-state index in [2.05, 4.69) is 15.1 Å². The lowest BCUT2D eigenvalue weighted by Crippen LogP contribution is -2.09. The molecule has 0 aliphatic carbocycles. The molecule has 0 amide bonds. The molecule has 0 aliphatic heterocycles. The predicted molar refractivity (Wildman–Crippen MR) is 102 cm³/mol. The number of alkyl halides is 3. The normalized spacial score (nSPS) is 11.5. The lowest BCUT2D eigenvalue weighted by atomic mass is 10.2. The summed E-state index contributed by atoms with van der Waals surface area (Å²) in [6, 6.07) is 11.4. The standard InChI is InChI=1S/C21H15F3N4O3/c1-13-16(10-27-28(13)18-8-7-15(9-25-18)21(22,23)24)20(29)30-12-19-26-11-17(31-19)14-5-3-2-4-6-14/h2-11H,12H2,1H3. The molecule has 4 aromatic rings.